The van der Waals surface area contributed by atoms with Crippen LogP contribution in [0.25, 0.3) is 6.08 Å². The molecule has 7 fully saturated rings. The average molecular weight is 844 g/mol. The highest BCUT2D eigenvalue weighted by atomic mass is 16.8. The van der Waals surface area contributed by atoms with E-state index >= 15 is 4.79 Å². The molecule has 10 atom stereocenters. The molecule has 1 spiro atoms. The number of hydrogen-bond acceptors (Lipinski definition) is 10. The van der Waals surface area contributed by atoms with Crippen molar-refractivity contribution >= 4 is 23.9 Å². The maximum Gasteiger partial charge on any atom is 0.327 e. The minimum atomic E-state index is -1.35. The second kappa shape index (κ2) is 14.8. The Morgan fingerprint density at radius 3 is 2.45 bits per heavy atom. The zero-order valence-electron chi connectivity index (χ0n) is 35.8. The van der Waals surface area contributed by atoms with Crippen LogP contribution >= 0.6 is 0 Å². The molecule has 8 aliphatic rings. The molecule has 2 bridgehead atoms. The molecule has 12 nitrogen and oxygen atoms in total. The van der Waals surface area contributed by atoms with Gasteiger partial charge in [0.2, 0.25) is 5.91 Å². The minimum absolute atomic E-state index is 0.0233. The number of carbonyl (C=O) groups is 3. The van der Waals surface area contributed by atoms with Crippen LogP contribution in [0.3, 0.4) is 0 Å². The number of allylic oxidation sites excluding steroid dienone is 1. The Morgan fingerprint density at radius 2 is 1.66 bits per heavy atom. The van der Waals surface area contributed by atoms with Crippen molar-refractivity contribution < 1.29 is 43.3 Å². The molecule has 326 valence electrons. The van der Waals surface area contributed by atoms with Crippen molar-refractivity contribution in [3.8, 4) is 0 Å². The SMILES string of the molecule is CC1(C)C[C@@H]2C(=Cc3cccc(CN4O[C@@H]5[C@H]6OC7(Cc8ccccc8C7)O[C@H]6[C@@H]6C[C@]5(C(=O)NCc5cccc(C(=O)NCCO)c5)[C@@H]4C(=O)O6)c3)CCC3O[C@]3(C)CC[C@H]21. The summed E-state index contributed by atoms with van der Waals surface area (Å²) in [5, 5.41) is 16.7. The lowest BCUT2D eigenvalue weighted by Crippen LogP contribution is -2.69. The van der Waals surface area contributed by atoms with Crippen molar-refractivity contribution in [1.29, 1.82) is 0 Å². The number of epoxide rings is 1. The lowest BCUT2D eigenvalue weighted by molar-refractivity contribution is -0.217. The molecular weight excluding hydrogens is 787 g/mol. The molecule has 12 heteroatoms. The maximum absolute atomic E-state index is 15.0. The molecular formula is C50H57N3O9. The number of rotatable bonds is 9. The molecule has 2 amide bonds. The molecule has 3 saturated carbocycles. The summed E-state index contributed by atoms with van der Waals surface area (Å²) in [6.45, 7) is 7.44. The highest BCUT2D eigenvalue weighted by Gasteiger charge is 2.76. The summed E-state index contributed by atoms with van der Waals surface area (Å²) in [5.41, 5.74) is 5.98. The van der Waals surface area contributed by atoms with Crippen molar-refractivity contribution in [2.24, 2.45) is 22.7 Å². The fourth-order valence-electron chi connectivity index (χ4n) is 12.6. The highest BCUT2D eigenvalue weighted by Crippen LogP contribution is 2.61. The number of ether oxygens (including phenoxy) is 4. The maximum atomic E-state index is 15.0. The van der Waals surface area contributed by atoms with Gasteiger partial charge in [0.15, 0.2) is 11.8 Å². The molecule has 4 aliphatic heterocycles. The van der Waals surface area contributed by atoms with Gasteiger partial charge in [-0.1, -0.05) is 86.2 Å². The van der Waals surface area contributed by atoms with Crippen LogP contribution in [0.15, 0.2) is 78.4 Å². The van der Waals surface area contributed by atoms with Crippen LogP contribution in [0.5, 0.6) is 0 Å². The number of nitrogens with zero attached hydrogens (tertiary/aromatic N) is 1. The van der Waals surface area contributed by atoms with Gasteiger partial charge in [-0.3, -0.25) is 19.2 Å². The van der Waals surface area contributed by atoms with Gasteiger partial charge >= 0.3 is 5.97 Å². The fraction of sp³-hybridized carbons (Fsp3) is 0.540. The molecule has 4 saturated heterocycles. The lowest BCUT2D eigenvalue weighted by atomic mass is 9.52. The summed E-state index contributed by atoms with van der Waals surface area (Å²) in [4.78, 5) is 49.1. The summed E-state index contributed by atoms with van der Waals surface area (Å²) in [5.74, 6) is -0.937. The standard InChI is InChI=1S/C50H57N3O9/c1-47(2)25-36-32(14-15-39-48(3,59-39)17-16-37(36)47)21-29-8-6-10-31(20-29)28-53-42-45(56)58-38-26-50(42,46(57)52-27-30-9-7-13-33(22-30)44(55)51-18-19-54)43(62-53)41-40(38)60-49(61-41)23-34-11-4-5-12-35(34)24-49/h4-13,20-22,36-43,54H,14-19,23-28H2,1-3H3,(H,51,55)(H,52,57)/t36-,37-,38+,39?,40+,41+,42+,43-,48-,50+/m1/s1. The van der Waals surface area contributed by atoms with Gasteiger partial charge in [-0.05, 0) is 96.2 Å². The van der Waals surface area contributed by atoms with E-state index in [4.69, 9.17) is 23.8 Å². The van der Waals surface area contributed by atoms with Crippen LogP contribution < -0.4 is 10.6 Å². The van der Waals surface area contributed by atoms with E-state index in [9.17, 15) is 14.7 Å². The summed E-state index contributed by atoms with van der Waals surface area (Å²) in [6, 6.07) is 22.6. The molecule has 1 unspecified atom stereocenters. The van der Waals surface area contributed by atoms with Crippen LogP contribution in [0.4, 0.5) is 0 Å². The predicted molar refractivity (Wildman–Crippen MR) is 227 cm³/mol. The monoisotopic (exact) mass is 843 g/mol. The lowest BCUT2D eigenvalue weighted by Gasteiger charge is -2.53. The van der Waals surface area contributed by atoms with Crippen molar-refractivity contribution in [2.45, 2.75) is 133 Å². The fourth-order valence-corrected chi connectivity index (χ4v) is 12.6. The smallest absolute Gasteiger partial charge is 0.327 e. The van der Waals surface area contributed by atoms with Gasteiger partial charge in [0.05, 0.1) is 24.9 Å². The van der Waals surface area contributed by atoms with E-state index < -0.39 is 47.6 Å². The summed E-state index contributed by atoms with van der Waals surface area (Å²) in [6.07, 6.45) is 6.74. The van der Waals surface area contributed by atoms with Gasteiger partial charge in [-0.15, -0.1) is 0 Å². The Kier molecular flexibility index (Phi) is 9.65. The zero-order chi connectivity index (χ0) is 42.6. The molecule has 3 aromatic carbocycles. The number of aliphatic hydroxyl groups is 1. The van der Waals surface area contributed by atoms with Crippen LogP contribution in [-0.2, 0) is 59.3 Å². The molecule has 4 aliphatic carbocycles. The first-order chi connectivity index (χ1) is 29.9. The van der Waals surface area contributed by atoms with Crippen molar-refractivity contribution in [1.82, 2.24) is 15.7 Å². The number of fused-ring (bicyclic) bond motifs is 7. The van der Waals surface area contributed by atoms with Crippen LogP contribution in [0, 0.1) is 22.7 Å². The first-order valence-corrected chi connectivity index (χ1v) is 22.7. The quantitative estimate of drug-likeness (QED) is 0.184. The summed E-state index contributed by atoms with van der Waals surface area (Å²) < 4.78 is 26.3. The number of aliphatic hydroxyl groups excluding tert-OH is 1. The number of carbonyl (C=O) groups excluding carboxylic acids is 3. The van der Waals surface area contributed by atoms with Crippen LogP contribution in [-0.4, -0.2) is 89.1 Å². The molecule has 3 aromatic rings. The molecule has 4 heterocycles. The largest absolute Gasteiger partial charge is 0.458 e. The Morgan fingerprint density at radius 1 is 0.887 bits per heavy atom. The number of nitrogens with one attached hydrogen (secondary N) is 2. The first-order valence-electron chi connectivity index (χ1n) is 22.7. The van der Waals surface area contributed by atoms with Gasteiger partial charge < -0.3 is 34.7 Å². The van der Waals surface area contributed by atoms with Crippen molar-refractivity contribution in [3.63, 3.8) is 0 Å². The summed E-state index contributed by atoms with van der Waals surface area (Å²) in [7, 11) is 0. The molecule has 62 heavy (non-hydrogen) atoms. The number of hydroxylamine groups is 2. The van der Waals surface area contributed by atoms with Gasteiger partial charge in [0.1, 0.15) is 29.8 Å². The number of esters is 1. The van der Waals surface area contributed by atoms with E-state index in [0.29, 0.717) is 47.3 Å². The highest BCUT2D eigenvalue weighted by molar-refractivity contribution is 5.95. The van der Waals surface area contributed by atoms with E-state index in [1.165, 1.54) is 18.4 Å². The third-order valence-corrected chi connectivity index (χ3v) is 15.8. The Balaban J connectivity index is 0.890. The van der Waals surface area contributed by atoms with E-state index in [0.717, 1.165) is 41.5 Å². The number of amides is 2. The molecule has 0 aromatic heterocycles. The Labute approximate surface area is 362 Å². The summed E-state index contributed by atoms with van der Waals surface area (Å²) >= 11 is 0. The Bertz CT molecular complexity index is 2320. The second-order valence-corrected chi connectivity index (χ2v) is 20.2. The van der Waals surface area contributed by atoms with E-state index in [1.54, 1.807) is 23.3 Å². The number of benzene rings is 3. The first kappa shape index (κ1) is 40.4. The number of hydrogen-bond donors (Lipinski definition) is 3. The van der Waals surface area contributed by atoms with Gasteiger partial charge in [-0.2, -0.15) is 5.06 Å². The molecule has 3 N–H and O–H groups in total. The second-order valence-electron chi connectivity index (χ2n) is 20.2. The third kappa shape index (κ3) is 6.67. The van der Waals surface area contributed by atoms with Gasteiger partial charge in [0.25, 0.3) is 5.91 Å². The minimum Gasteiger partial charge on any atom is -0.458 e. The predicted octanol–water partition coefficient (Wildman–Crippen LogP) is 5.58. The van der Waals surface area contributed by atoms with Gasteiger partial charge in [-0.25, -0.2) is 0 Å². The van der Waals surface area contributed by atoms with E-state index in [2.05, 4.69) is 67.8 Å². The van der Waals surface area contributed by atoms with Gasteiger partial charge in [0, 0.05) is 37.9 Å². The van der Waals surface area contributed by atoms with Crippen LogP contribution in [0.2, 0.25) is 0 Å². The zero-order valence-corrected chi connectivity index (χ0v) is 35.8. The Hall–Kier alpha value is -4.43. The van der Waals surface area contributed by atoms with Crippen molar-refractivity contribution in [2.75, 3.05) is 13.2 Å². The van der Waals surface area contributed by atoms with E-state index in [1.807, 2.05) is 24.3 Å². The van der Waals surface area contributed by atoms with Crippen LogP contribution in [0.1, 0.15) is 97.5 Å². The third-order valence-electron chi connectivity index (χ3n) is 15.8. The average Bonchev–Trinajstić information content (AvgIpc) is 3.52. The molecule has 11 rings (SSSR count). The van der Waals surface area contributed by atoms with E-state index in [-0.39, 0.29) is 50.1 Å². The topological polar surface area (TPSA) is 148 Å². The molecule has 0 radical (unpaired) electrons. The van der Waals surface area contributed by atoms with Crippen molar-refractivity contribution in [3.05, 3.63) is 112 Å². The normalized spacial score (nSPS) is 36.2.